The lowest BCUT2D eigenvalue weighted by molar-refractivity contribution is 0.297. The molecule has 1 aromatic carbocycles. The highest BCUT2D eigenvalue weighted by molar-refractivity contribution is 7.89. The van der Waals surface area contributed by atoms with Gasteiger partial charge in [-0.1, -0.05) is 0 Å². The quantitative estimate of drug-likeness (QED) is 0.774. The second kappa shape index (κ2) is 7.53. The number of aromatic nitrogens is 2. The first-order valence-corrected chi connectivity index (χ1v) is 11.8. The minimum atomic E-state index is -3.61. The lowest BCUT2D eigenvalue weighted by atomic mass is 10.1. The van der Waals surface area contributed by atoms with E-state index in [0.29, 0.717) is 30.6 Å². The lowest BCUT2D eigenvalue weighted by Crippen LogP contribution is -2.44. The third kappa shape index (κ3) is 4.06. The van der Waals surface area contributed by atoms with Crippen LogP contribution in [0.15, 0.2) is 29.2 Å². The molecule has 1 aliphatic carbocycles. The number of sulfonamides is 1. The maximum atomic E-state index is 12.9. The second-order valence-electron chi connectivity index (χ2n) is 8.00. The molecule has 0 unspecified atom stereocenters. The summed E-state index contributed by atoms with van der Waals surface area (Å²) in [5.74, 6) is 2.71. The number of nitrogens with one attached hydrogen (secondary N) is 2. The molecular formula is C20H26N4O4S. The van der Waals surface area contributed by atoms with Gasteiger partial charge in [0.1, 0.15) is 0 Å². The molecule has 156 valence electrons. The Hall–Kier alpha value is -2.26. The molecule has 3 aliphatic rings. The van der Waals surface area contributed by atoms with Gasteiger partial charge in [0.25, 0.3) is 0 Å². The van der Waals surface area contributed by atoms with E-state index in [4.69, 9.17) is 9.47 Å². The Morgan fingerprint density at radius 1 is 1.03 bits per heavy atom. The number of anilines is 1. The summed E-state index contributed by atoms with van der Waals surface area (Å²) in [6.07, 6.45) is 4.76. The highest BCUT2D eigenvalue weighted by atomic mass is 32.2. The van der Waals surface area contributed by atoms with Gasteiger partial charge in [-0.25, -0.2) is 13.1 Å². The van der Waals surface area contributed by atoms with Crippen molar-refractivity contribution in [2.24, 2.45) is 0 Å². The van der Waals surface area contributed by atoms with Crippen LogP contribution < -0.4 is 19.1 Å². The molecule has 0 amide bonds. The van der Waals surface area contributed by atoms with Gasteiger partial charge >= 0.3 is 0 Å². The normalized spacial score (nSPS) is 20.5. The fourth-order valence-corrected chi connectivity index (χ4v) is 5.24. The number of rotatable bonds is 5. The molecule has 8 nitrogen and oxygen atoms in total. The van der Waals surface area contributed by atoms with Gasteiger partial charge in [0.15, 0.2) is 17.3 Å². The maximum Gasteiger partial charge on any atom is 0.240 e. The van der Waals surface area contributed by atoms with Gasteiger partial charge < -0.3 is 14.4 Å². The maximum absolute atomic E-state index is 12.9. The van der Waals surface area contributed by atoms with Crippen molar-refractivity contribution in [1.82, 2.24) is 14.9 Å². The van der Waals surface area contributed by atoms with E-state index >= 15 is 0 Å². The van der Waals surface area contributed by atoms with Crippen LogP contribution in [0.2, 0.25) is 0 Å². The Morgan fingerprint density at radius 3 is 2.55 bits per heavy atom. The van der Waals surface area contributed by atoms with Gasteiger partial charge in [0.05, 0.1) is 18.1 Å². The standard InChI is InChI=1S/C20H26N4O4S/c25-29(26,16-4-5-18-19(12-16)28-11-1-10-27-18)23-15-6-8-24(9-7-15)20-13-17(21-22-20)14-2-3-14/h4-5,12-15,23H,1-3,6-11H2,(H,21,22). The zero-order chi connectivity index (χ0) is 19.8. The van der Waals surface area contributed by atoms with Gasteiger partial charge in [-0.15, -0.1) is 0 Å². The largest absolute Gasteiger partial charge is 0.490 e. The summed E-state index contributed by atoms with van der Waals surface area (Å²) >= 11 is 0. The number of hydrogen-bond donors (Lipinski definition) is 2. The minimum Gasteiger partial charge on any atom is -0.490 e. The first-order chi connectivity index (χ1) is 14.1. The number of aromatic amines is 1. The van der Waals surface area contributed by atoms with E-state index in [-0.39, 0.29) is 10.9 Å². The summed E-state index contributed by atoms with van der Waals surface area (Å²) in [6, 6.07) is 6.86. The molecule has 2 aromatic rings. The van der Waals surface area contributed by atoms with Crippen LogP contribution in [0.3, 0.4) is 0 Å². The number of fused-ring (bicyclic) bond motifs is 1. The smallest absolute Gasteiger partial charge is 0.240 e. The molecule has 1 aromatic heterocycles. The van der Waals surface area contributed by atoms with E-state index in [9.17, 15) is 8.42 Å². The molecule has 1 saturated heterocycles. The van der Waals surface area contributed by atoms with Crippen LogP contribution in [-0.4, -0.2) is 51.0 Å². The van der Waals surface area contributed by atoms with E-state index < -0.39 is 10.0 Å². The fourth-order valence-electron chi connectivity index (χ4n) is 3.92. The number of H-pyrrole nitrogens is 1. The van der Waals surface area contributed by atoms with Gasteiger partial charge in [0, 0.05) is 49.3 Å². The molecule has 29 heavy (non-hydrogen) atoms. The van der Waals surface area contributed by atoms with Crippen molar-refractivity contribution >= 4 is 15.8 Å². The van der Waals surface area contributed by atoms with Crippen molar-refractivity contribution in [1.29, 1.82) is 0 Å². The van der Waals surface area contributed by atoms with Crippen molar-refractivity contribution in [2.45, 2.75) is 49.0 Å². The molecule has 1 saturated carbocycles. The van der Waals surface area contributed by atoms with E-state index in [1.807, 2.05) is 0 Å². The topological polar surface area (TPSA) is 96.6 Å². The third-order valence-corrected chi connectivity index (χ3v) is 7.29. The van der Waals surface area contributed by atoms with Crippen LogP contribution in [0.25, 0.3) is 0 Å². The molecule has 0 bridgehead atoms. The van der Waals surface area contributed by atoms with Gasteiger partial charge in [0.2, 0.25) is 10.0 Å². The van der Waals surface area contributed by atoms with Crippen LogP contribution in [-0.2, 0) is 10.0 Å². The van der Waals surface area contributed by atoms with Gasteiger partial charge in [-0.3, -0.25) is 5.10 Å². The average Bonchev–Trinajstić information content (AvgIpc) is 3.50. The van der Waals surface area contributed by atoms with Crippen LogP contribution >= 0.6 is 0 Å². The summed E-state index contributed by atoms with van der Waals surface area (Å²) in [5, 5.41) is 7.57. The van der Waals surface area contributed by atoms with Crippen LogP contribution in [0.1, 0.15) is 43.7 Å². The summed E-state index contributed by atoms with van der Waals surface area (Å²) < 4.78 is 39.8. The predicted octanol–water partition coefficient (Wildman–Crippen LogP) is 2.40. The third-order valence-electron chi connectivity index (χ3n) is 5.77. The molecule has 5 rings (SSSR count). The van der Waals surface area contributed by atoms with Crippen molar-refractivity contribution in [3.63, 3.8) is 0 Å². The SMILES string of the molecule is O=S(=O)(NC1CCN(c2cc(C3CC3)[nH]n2)CC1)c1ccc2c(c1)OCCCO2. The molecule has 2 fully saturated rings. The first kappa shape index (κ1) is 18.7. The first-order valence-electron chi connectivity index (χ1n) is 10.3. The zero-order valence-electron chi connectivity index (χ0n) is 16.3. The van der Waals surface area contributed by atoms with Gasteiger partial charge in [-0.2, -0.15) is 5.10 Å². The van der Waals surface area contributed by atoms with Gasteiger partial charge in [-0.05, 0) is 37.8 Å². The fraction of sp³-hybridized carbons (Fsp3) is 0.550. The minimum absolute atomic E-state index is 0.0888. The number of ether oxygens (including phenoxy) is 2. The highest BCUT2D eigenvalue weighted by Crippen LogP contribution is 2.40. The zero-order valence-corrected chi connectivity index (χ0v) is 17.1. The van der Waals surface area contributed by atoms with E-state index in [1.165, 1.54) is 18.5 Å². The Bertz CT molecular complexity index is 978. The molecule has 3 heterocycles. The summed E-state index contributed by atoms with van der Waals surface area (Å²) in [6.45, 7) is 2.67. The molecule has 0 atom stereocenters. The summed E-state index contributed by atoms with van der Waals surface area (Å²) in [5.41, 5.74) is 1.22. The second-order valence-corrected chi connectivity index (χ2v) is 9.71. The van der Waals surface area contributed by atoms with Crippen molar-refractivity contribution in [3.8, 4) is 11.5 Å². The average molecular weight is 419 g/mol. The van der Waals surface area contributed by atoms with Crippen LogP contribution in [0.5, 0.6) is 11.5 Å². The Labute approximate surface area is 170 Å². The van der Waals surface area contributed by atoms with E-state index in [2.05, 4.69) is 25.9 Å². The molecular weight excluding hydrogens is 392 g/mol. The monoisotopic (exact) mass is 418 g/mol. The van der Waals surface area contributed by atoms with E-state index in [1.54, 1.807) is 18.2 Å². The predicted molar refractivity (Wildman–Crippen MR) is 108 cm³/mol. The number of benzene rings is 1. The van der Waals surface area contributed by atoms with Crippen molar-refractivity contribution in [3.05, 3.63) is 30.0 Å². The molecule has 9 heteroatoms. The van der Waals surface area contributed by atoms with E-state index in [0.717, 1.165) is 38.2 Å². The molecule has 2 N–H and O–H groups in total. The Morgan fingerprint density at radius 2 is 1.79 bits per heavy atom. The number of hydrogen-bond acceptors (Lipinski definition) is 6. The van der Waals surface area contributed by atoms with Crippen LogP contribution in [0.4, 0.5) is 5.82 Å². The Kier molecular flexibility index (Phi) is 4.87. The highest BCUT2D eigenvalue weighted by Gasteiger charge is 2.29. The lowest BCUT2D eigenvalue weighted by Gasteiger charge is -2.32. The van der Waals surface area contributed by atoms with Crippen molar-refractivity contribution in [2.75, 3.05) is 31.2 Å². The number of nitrogens with zero attached hydrogens (tertiary/aromatic N) is 2. The molecule has 2 aliphatic heterocycles. The molecule has 0 radical (unpaired) electrons. The van der Waals surface area contributed by atoms with Crippen molar-refractivity contribution < 1.29 is 17.9 Å². The molecule has 0 spiro atoms. The summed E-state index contributed by atoms with van der Waals surface area (Å²) in [4.78, 5) is 2.44. The summed E-state index contributed by atoms with van der Waals surface area (Å²) in [7, 11) is -3.61. The number of piperidine rings is 1. The Balaban J connectivity index is 1.22. The van der Waals surface area contributed by atoms with Crippen LogP contribution in [0, 0.1) is 0 Å².